The summed E-state index contributed by atoms with van der Waals surface area (Å²) in [5.74, 6) is 0.404. The van der Waals surface area contributed by atoms with E-state index in [1.165, 1.54) is 0 Å². The number of aliphatic carboxylic acids is 1. The lowest BCUT2D eigenvalue weighted by Gasteiger charge is -2.11. The van der Waals surface area contributed by atoms with Gasteiger partial charge in [0.2, 0.25) is 0 Å². The van der Waals surface area contributed by atoms with Crippen LogP contribution in [0, 0.1) is 0 Å². The molecule has 32 heavy (non-hydrogen) atoms. The number of hydrogen-bond donors (Lipinski definition) is 1. The van der Waals surface area contributed by atoms with Gasteiger partial charge in [-0.1, -0.05) is 48.5 Å². The highest BCUT2D eigenvalue weighted by Gasteiger charge is 2.09. The van der Waals surface area contributed by atoms with Crippen LogP contribution in [0.3, 0.4) is 0 Å². The van der Waals surface area contributed by atoms with Crippen LogP contribution in [0.2, 0.25) is 0 Å². The molecule has 0 aliphatic rings. The molecule has 6 nitrogen and oxygen atoms in total. The van der Waals surface area contributed by atoms with Gasteiger partial charge in [-0.3, -0.25) is 0 Å². The summed E-state index contributed by atoms with van der Waals surface area (Å²) in [4.78, 5) is 11.6. The lowest BCUT2D eigenvalue weighted by Crippen LogP contribution is -2.09. The molecule has 166 valence electrons. The van der Waals surface area contributed by atoms with E-state index < -0.39 is 16.1 Å². The highest BCUT2D eigenvalue weighted by atomic mass is 32.2. The molecule has 3 rings (SSSR count). The Hall–Kier alpha value is -3.23. The van der Waals surface area contributed by atoms with E-state index in [2.05, 4.69) is 6.08 Å². The third kappa shape index (κ3) is 7.47. The van der Waals surface area contributed by atoms with Crippen molar-refractivity contribution in [1.82, 2.24) is 0 Å². The quantitative estimate of drug-likeness (QED) is 0.339. The number of carboxylic acid groups (broad SMARTS) is 1. The molecule has 0 heterocycles. The maximum Gasteiger partial charge on any atom is 0.341 e. The minimum Gasteiger partial charge on any atom is -0.482 e. The molecule has 0 bridgehead atoms. The Bertz CT molecular complexity index is 1190. The standard InChI is InChI=1S/C24H22O6S2/c1-32(27,28)30-21-9-5-8-19(16-21)23(18-6-3-2-4-7-18)14-15-31-22-12-10-20(11-13-22)29-17-24(25)26/h2-14,16H,15,17H2,1H3,(H,25,26)/b23-14-. The van der Waals surface area contributed by atoms with Crippen molar-refractivity contribution in [2.75, 3.05) is 18.6 Å². The van der Waals surface area contributed by atoms with Crippen LogP contribution in [0.1, 0.15) is 11.1 Å². The summed E-state index contributed by atoms with van der Waals surface area (Å²) in [6.07, 6.45) is 3.09. The molecule has 3 aromatic carbocycles. The first-order valence-electron chi connectivity index (χ1n) is 9.63. The fourth-order valence-electron chi connectivity index (χ4n) is 2.91. The van der Waals surface area contributed by atoms with Crippen LogP contribution in [0.5, 0.6) is 11.5 Å². The first-order chi connectivity index (χ1) is 15.3. The van der Waals surface area contributed by atoms with Crippen LogP contribution in [-0.2, 0) is 14.9 Å². The number of thioether (sulfide) groups is 1. The lowest BCUT2D eigenvalue weighted by molar-refractivity contribution is -0.139. The van der Waals surface area contributed by atoms with Crippen LogP contribution in [-0.4, -0.2) is 38.1 Å². The van der Waals surface area contributed by atoms with Gasteiger partial charge in [0.05, 0.1) is 6.26 Å². The zero-order chi connectivity index (χ0) is 23.0. The van der Waals surface area contributed by atoms with Gasteiger partial charge in [-0.2, -0.15) is 8.42 Å². The predicted molar refractivity (Wildman–Crippen MR) is 126 cm³/mol. The van der Waals surface area contributed by atoms with Gasteiger partial charge in [0, 0.05) is 10.6 Å². The molecule has 0 radical (unpaired) electrons. The van der Waals surface area contributed by atoms with E-state index in [1.807, 2.05) is 48.5 Å². The molecule has 0 spiro atoms. The van der Waals surface area contributed by atoms with Gasteiger partial charge < -0.3 is 14.0 Å². The van der Waals surface area contributed by atoms with Gasteiger partial charge in [-0.15, -0.1) is 11.8 Å². The van der Waals surface area contributed by atoms with Crippen LogP contribution in [0.25, 0.3) is 5.57 Å². The summed E-state index contributed by atoms with van der Waals surface area (Å²) in [6, 6.07) is 24.0. The van der Waals surface area contributed by atoms with E-state index in [-0.39, 0.29) is 12.4 Å². The number of carbonyl (C=O) groups is 1. The number of benzene rings is 3. The molecule has 0 amide bonds. The van der Waals surface area contributed by atoms with Crippen molar-refractivity contribution >= 4 is 33.4 Å². The third-order valence-electron chi connectivity index (χ3n) is 4.20. The maximum absolute atomic E-state index is 11.5. The van der Waals surface area contributed by atoms with Gasteiger partial charge in [0.25, 0.3) is 0 Å². The first kappa shape index (κ1) is 23.4. The molecule has 8 heteroatoms. The molecule has 0 aliphatic carbocycles. The summed E-state index contributed by atoms with van der Waals surface area (Å²) in [5, 5.41) is 8.68. The van der Waals surface area contributed by atoms with Gasteiger partial charge in [-0.05, 0) is 53.1 Å². The van der Waals surface area contributed by atoms with Crippen molar-refractivity contribution in [1.29, 1.82) is 0 Å². The van der Waals surface area contributed by atoms with Crippen LogP contribution < -0.4 is 8.92 Å². The fraction of sp³-hybridized carbons (Fsp3) is 0.125. The zero-order valence-electron chi connectivity index (χ0n) is 17.3. The Labute approximate surface area is 191 Å². The number of ether oxygens (including phenoxy) is 1. The van der Waals surface area contributed by atoms with Crippen LogP contribution in [0.15, 0.2) is 89.8 Å². The smallest absolute Gasteiger partial charge is 0.341 e. The molecule has 3 aromatic rings. The highest BCUT2D eigenvalue weighted by Crippen LogP contribution is 2.29. The van der Waals surface area contributed by atoms with Crippen molar-refractivity contribution in [3.63, 3.8) is 0 Å². The zero-order valence-corrected chi connectivity index (χ0v) is 18.9. The summed E-state index contributed by atoms with van der Waals surface area (Å²) in [6.45, 7) is -0.377. The van der Waals surface area contributed by atoms with Crippen molar-refractivity contribution in [2.24, 2.45) is 0 Å². The second kappa shape index (κ2) is 10.9. The largest absolute Gasteiger partial charge is 0.482 e. The van der Waals surface area contributed by atoms with Gasteiger partial charge in [0.15, 0.2) is 6.61 Å². The molecule has 0 fully saturated rings. The second-order valence-corrected chi connectivity index (χ2v) is 9.43. The second-order valence-electron chi connectivity index (χ2n) is 6.76. The SMILES string of the molecule is CS(=O)(=O)Oc1cccc(/C(=C\CSc2ccc(OCC(=O)O)cc2)c2ccccc2)c1. The minimum atomic E-state index is -3.62. The average molecular weight is 471 g/mol. The Balaban J connectivity index is 1.78. The number of rotatable bonds is 10. The lowest BCUT2D eigenvalue weighted by atomic mass is 9.98. The van der Waals surface area contributed by atoms with Crippen molar-refractivity contribution in [3.8, 4) is 11.5 Å². The van der Waals surface area contributed by atoms with Crippen molar-refractivity contribution in [3.05, 3.63) is 96.1 Å². The fourth-order valence-corrected chi connectivity index (χ4v) is 4.13. The Morgan fingerprint density at radius 2 is 1.62 bits per heavy atom. The maximum atomic E-state index is 11.5. The molecule has 0 atom stereocenters. The topological polar surface area (TPSA) is 89.9 Å². The summed E-state index contributed by atoms with van der Waals surface area (Å²) < 4.78 is 33.2. The monoisotopic (exact) mass is 470 g/mol. The summed E-state index contributed by atoms with van der Waals surface area (Å²) >= 11 is 1.61. The first-order valence-corrected chi connectivity index (χ1v) is 12.4. The molecular weight excluding hydrogens is 448 g/mol. The summed E-state index contributed by atoms with van der Waals surface area (Å²) in [5.41, 5.74) is 2.80. The van der Waals surface area contributed by atoms with Gasteiger partial charge in [0.1, 0.15) is 11.5 Å². The van der Waals surface area contributed by atoms with E-state index in [0.29, 0.717) is 11.5 Å². The highest BCUT2D eigenvalue weighted by molar-refractivity contribution is 7.99. The van der Waals surface area contributed by atoms with E-state index in [0.717, 1.165) is 27.9 Å². The minimum absolute atomic E-state index is 0.261. The third-order valence-corrected chi connectivity index (χ3v) is 5.63. The number of carboxylic acids is 1. The molecule has 0 unspecified atom stereocenters. The normalized spacial score (nSPS) is 11.7. The average Bonchev–Trinajstić information content (AvgIpc) is 2.76. The molecule has 1 N–H and O–H groups in total. The van der Waals surface area contributed by atoms with E-state index in [4.69, 9.17) is 14.0 Å². The summed E-state index contributed by atoms with van der Waals surface area (Å²) in [7, 11) is -3.62. The molecular formula is C24H22O6S2. The van der Waals surface area contributed by atoms with Crippen LogP contribution >= 0.6 is 11.8 Å². The van der Waals surface area contributed by atoms with Crippen LogP contribution in [0.4, 0.5) is 0 Å². The van der Waals surface area contributed by atoms with Crippen molar-refractivity contribution < 1.29 is 27.2 Å². The molecule has 0 saturated heterocycles. The van der Waals surface area contributed by atoms with Crippen molar-refractivity contribution in [2.45, 2.75) is 4.90 Å². The van der Waals surface area contributed by atoms with E-state index in [1.54, 1.807) is 42.1 Å². The molecule has 0 aliphatic heterocycles. The van der Waals surface area contributed by atoms with Gasteiger partial charge in [-0.25, -0.2) is 4.79 Å². The predicted octanol–water partition coefficient (Wildman–Crippen LogP) is 4.71. The van der Waals surface area contributed by atoms with Gasteiger partial charge >= 0.3 is 16.1 Å². The number of hydrogen-bond acceptors (Lipinski definition) is 6. The molecule has 0 saturated carbocycles. The molecule has 0 aromatic heterocycles. The Morgan fingerprint density at radius 1 is 0.938 bits per heavy atom. The van der Waals surface area contributed by atoms with E-state index >= 15 is 0 Å². The Morgan fingerprint density at radius 3 is 2.28 bits per heavy atom. The van der Waals surface area contributed by atoms with E-state index in [9.17, 15) is 13.2 Å². The Kier molecular flexibility index (Phi) is 7.97.